The van der Waals surface area contributed by atoms with E-state index in [-0.39, 0.29) is 0 Å². The highest BCUT2D eigenvalue weighted by Crippen LogP contribution is 2.28. The molecule has 0 unspecified atom stereocenters. The molecule has 24 heavy (non-hydrogen) atoms. The summed E-state index contributed by atoms with van der Waals surface area (Å²) in [5, 5.41) is 9.86. The Hall–Kier alpha value is -3.09. The predicted octanol–water partition coefficient (Wildman–Crippen LogP) is 5.10. The number of benzene rings is 3. The zero-order chi connectivity index (χ0) is 16.9. The van der Waals surface area contributed by atoms with Crippen molar-refractivity contribution in [2.75, 3.05) is 0 Å². The van der Waals surface area contributed by atoms with Crippen LogP contribution in [0.2, 0.25) is 5.02 Å². The highest BCUT2D eigenvalue weighted by molar-refractivity contribution is 6.30. The van der Waals surface area contributed by atoms with Crippen molar-refractivity contribution in [1.82, 2.24) is 0 Å². The molecule has 0 saturated carbocycles. The Bertz CT molecular complexity index is 927. The van der Waals surface area contributed by atoms with Gasteiger partial charge in [-0.25, -0.2) is 4.79 Å². The minimum atomic E-state index is -0.485. The van der Waals surface area contributed by atoms with Gasteiger partial charge in [0.25, 0.3) is 0 Å². The summed E-state index contributed by atoms with van der Waals surface area (Å²) >= 11 is 5.83. The van der Waals surface area contributed by atoms with Crippen LogP contribution in [-0.2, 0) is 0 Å². The summed E-state index contributed by atoms with van der Waals surface area (Å²) in [6.07, 6.45) is 0. The molecule has 0 N–H and O–H groups in total. The molecule has 3 aromatic rings. The van der Waals surface area contributed by atoms with E-state index in [0.29, 0.717) is 33.0 Å². The number of nitrogens with zero attached hydrogens (tertiary/aromatic N) is 1. The van der Waals surface area contributed by atoms with Crippen molar-refractivity contribution in [3.63, 3.8) is 0 Å². The second-order valence-electron chi connectivity index (χ2n) is 5.05. The molecule has 0 saturated heterocycles. The molecular weight excluding hydrogens is 322 g/mol. The molecule has 0 heterocycles. The Morgan fingerprint density at radius 1 is 0.875 bits per heavy atom. The van der Waals surface area contributed by atoms with E-state index in [1.165, 1.54) is 0 Å². The van der Waals surface area contributed by atoms with Crippen LogP contribution in [0.1, 0.15) is 15.9 Å². The van der Waals surface area contributed by atoms with Gasteiger partial charge in [0, 0.05) is 10.6 Å². The zero-order valence-electron chi connectivity index (χ0n) is 12.6. The second-order valence-corrected chi connectivity index (χ2v) is 5.48. The van der Waals surface area contributed by atoms with Gasteiger partial charge in [0.2, 0.25) is 0 Å². The van der Waals surface area contributed by atoms with Crippen molar-refractivity contribution < 1.29 is 9.53 Å². The predicted molar refractivity (Wildman–Crippen MR) is 93.0 cm³/mol. The highest BCUT2D eigenvalue weighted by atomic mass is 35.5. The number of esters is 1. The Balaban J connectivity index is 1.99. The molecule has 4 heteroatoms. The van der Waals surface area contributed by atoms with Crippen molar-refractivity contribution in [1.29, 1.82) is 5.26 Å². The topological polar surface area (TPSA) is 50.1 Å². The number of rotatable bonds is 3. The first kappa shape index (κ1) is 15.8. The lowest BCUT2D eigenvalue weighted by Gasteiger charge is -2.10. The summed E-state index contributed by atoms with van der Waals surface area (Å²) in [6, 6.07) is 22.9. The molecule has 0 aromatic heterocycles. The molecule has 0 aliphatic rings. The van der Waals surface area contributed by atoms with Crippen LogP contribution in [0.4, 0.5) is 0 Å². The number of hydrogen-bond donors (Lipinski definition) is 0. The summed E-state index contributed by atoms with van der Waals surface area (Å²) < 4.78 is 5.41. The average Bonchev–Trinajstić information content (AvgIpc) is 2.63. The molecule has 116 valence electrons. The molecule has 0 aliphatic carbocycles. The average molecular weight is 334 g/mol. The van der Waals surface area contributed by atoms with Gasteiger partial charge < -0.3 is 4.74 Å². The van der Waals surface area contributed by atoms with Crippen LogP contribution in [0.3, 0.4) is 0 Å². The number of carbonyl (C=O) groups excluding carboxylic acids is 1. The molecule has 0 aliphatic heterocycles. The van der Waals surface area contributed by atoms with Gasteiger partial charge in [-0.05, 0) is 42.0 Å². The van der Waals surface area contributed by atoms with Gasteiger partial charge in [-0.3, -0.25) is 0 Å². The fraction of sp³-hybridized carbons (Fsp3) is 0. The molecule has 3 aromatic carbocycles. The van der Waals surface area contributed by atoms with E-state index in [1.54, 1.807) is 54.6 Å². The van der Waals surface area contributed by atoms with Crippen molar-refractivity contribution in [2.24, 2.45) is 0 Å². The van der Waals surface area contributed by atoms with Crippen molar-refractivity contribution in [3.8, 4) is 22.9 Å². The first-order valence-electron chi connectivity index (χ1n) is 7.25. The van der Waals surface area contributed by atoms with E-state index in [9.17, 15) is 10.1 Å². The van der Waals surface area contributed by atoms with Gasteiger partial charge >= 0.3 is 5.97 Å². The molecule has 0 bridgehead atoms. The summed E-state index contributed by atoms with van der Waals surface area (Å²) in [7, 11) is 0. The maximum absolute atomic E-state index is 12.6. The highest BCUT2D eigenvalue weighted by Gasteiger charge is 2.16. The monoisotopic (exact) mass is 333 g/mol. The van der Waals surface area contributed by atoms with Crippen LogP contribution in [0.5, 0.6) is 5.75 Å². The fourth-order valence-corrected chi connectivity index (χ4v) is 2.50. The van der Waals surface area contributed by atoms with Crippen LogP contribution >= 0.6 is 11.6 Å². The quantitative estimate of drug-likeness (QED) is 0.495. The second kappa shape index (κ2) is 6.99. The van der Waals surface area contributed by atoms with Crippen LogP contribution in [-0.4, -0.2) is 5.97 Å². The summed E-state index contributed by atoms with van der Waals surface area (Å²) in [5.74, 6) is -0.0755. The summed E-state index contributed by atoms with van der Waals surface area (Å²) in [6.45, 7) is 0. The van der Waals surface area contributed by atoms with E-state index >= 15 is 0 Å². The number of halogens is 1. The van der Waals surface area contributed by atoms with E-state index in [4.69, 9.17) is 16.3 Å². The Morgan fingerprint density at radius 3 is 2.21 bits per heavy atom. The van der Waals surface area contributed by atoms with E-state index in [0.717, 1.165) is 0 Å². The molecule has 0 amide bonds. The number of carbonyl (C=O) groups is 1. The molecule has 0 spiro atoms. The standard InChI is InChI=1S/C20H12ClNO2/c21-15-9-11-16(12-10-15)24-20(23)19-8-4-3-7-18(19)17-6-2-1-5-14(17)13-22/h1-12H. The lowest BCUT2D eigenvalue weighted by Crippen LogP contribution is -2.10. The van der Waals surface area contributed by atoms with Gasteiger partial charge in [-0.15, -0.1) is 0 Å². The van der Waals surface area contributed by atoms with Gasteiger partial charge in [0.15, 0.2) is 0 Å². The van der Waals surface area contributed by atoms with E-state index < -0.39 is 5.97 Å². The van der Waals surface area contributed by atoms with Crippen molar-refractivity contribution >= 4 is 17.6 Å². The molecule has 3 nitrogen and oxygen atoms in total. The minimum Gasteiger partial charge on any atom is -0.423 e. The number of ether oxygens (including phenoxy) is 1. The third-order valence-electron chi connectivity index (χ3n) is 3.51. The molecule has 0 radical (unpaired) electrons. The van der Waals surface area contributed by atoms with Gasteiger partial charge in [-0.2, -0.15) is 5.26 Å². The lowest BCUT2D eigenvalue weighted by atomic mass is 9.96. The Labute approximate surface area is 144 Å². The van der Waals surface area contributed by atoms with Gasteiger partial charge in [-0.1, -0.05) is 48.0 Å². The first-order chi connectivity index (χ1) is 11.7. The lowest BCUT2D eigenvalue weighted by molar-refractivity contribution is 0.0735. The molecule has 3 rings (SSSR count). The summed E-state index contributed by atoms with van der Waals surface area (Å²) in [5.41, 5.74) is 2.26. The normalized spacial score (nSPS) is 10.0. The third kappa shape index (κ3) is 3.29. The van der Waals surface area contributed by atoms with Crippen LogP contribution in [0.25, 0.3) is 11.1 Å². The van der Waals surface area contributed by atoms with Crippen molar-refractivity contribution in [2.45, 2.75) is 0 Å². The smallest absolute Gasteiger partial charge is 0.344 e. The molecule has 0 fully saturated rings. The molecule has 0 atom stereocenters. The maximum atomic E-state index is 12.6. The molecular formula is C20H12ClNO2. The van der Waals surface area contributed by atoms with Gasteiger partial charge in [0.05, 0.1) is 17.2 Å². The van der Waals surface area contributed by atoms with Crippen molar-refractivity contribution in [3.05, 3.63) is 88.9 Å². The van der Waals surface area contributed by atoms with E-state index in [1.807, 2.05) is 18.2 Å². The van der Waals surface area contributed by atoms with Crippen LogP contribution in [0.15, 0.2) is 72.8 Å². The maximum Gasteiger partial charge on any atom is 0.344 e. The third-order valence-corrected chi connectivity index (χ3v) is 3.76. The zero-order valence-corrected chi connectivity index (χ0v) is 13.3. The van der Waals surface area contributed by atoms with Gasteiger partial charge in [0.1, 0.15) is 5.75 Å². The first-order valence-corrected chi connectivity index (χ1v) is 7.63. The largest absolute Gasteiger partial charge is 0.423 e. The Morgan fingerprint density at radius 2 is 1.50 bits per heavy atom. The Kier molecular flexibility index (Phi) is 4.60. The SMILES string of the molecule is N#Cc1ccccc1-c1ccccc1C(=O)Oc1ccc(Cl)cc1. The van der Waals surface area contributed by atoms with Crippen LogP contribution < -0.4 is 4.74 Å². The van der Waals surface area contributed by atoms with Crippen LogP contribution in [0, 0.1) is 11.3 Å². The fourth-order valence-electron chi connectivity index (χ4n) is 2.38. The minimum absolute atomic E-state index is 0.398. The number of hydrogen-bond acceptors (Lipinski definition) is 3. The van der Waals surface area contributed by atoms with E-state index in [2.05, 4.69) is 6.07 Å². The number of nitriles is 1. The summed E-state index contributed by atoms with van der Waals surface area (Å²) in [4.78, 5) is 12.6.